The minimum atomic E-state index is -1.85. The number of rotatable bonds is 4. The number of hydrogen-bond acceptors (Lipinski definition) is 2. The summed E-state index contributed by atoms with van der Waals surface area (Å²) in [4.78, 5) is 0. The molecule has 0 fully saturated rings. The van der Waals surface area contributed by atoms with E-state index >= 15 is 0 Å². The minimum absolute atomic E-state index is 0. The Morgan fingerprint density at radius 2 is 0.647 bits per heavy atom. The fourth-order valence-electron chi connectivity index (χ4n) is 1.50. The van der Waals surface area contributed by atoms with Crippen LogP contribution < -0.4 is 0 Å². The molecule has 0 rings (SSSR count). The van der Waals surface area contributed by atoms with Crippen molar-refractivity contribution in [3.05, 3.63) is 0 Å². The molecule has 5 heteroatoms. The van der Waals surface area contributed by atoms with Crippen LogP contribution in [0.15, 0.2) is 0 Å². The van der Waals surface area contributed by atoms with Crippen molar-refractivity contribution < 1.29 is 8.23 Å². The van der Waals surface area contributed by atoms with Crippen molar-refractivity contribution >= 4 is 25.2 Å². The Kier molecular flexibility index (Phi) is 17.1. The van der Waals surface area contributed by atoms with E-state index in [0.29, 0.717) is 0 Å². The lowest BCUT2D eigenvalue weighted by Gasteiger charge is -2.35. The zero-order valence-electron chi connectivity index (χ0n) is 10.3. The fourth-order valence-corrected chi connectivity index (χ4v) is 13.8. The maximum atomic E-state index is 6.09. The smallest absolute Gasteiger partial charge is 0.311 e. The van der Waals surface area contributed by atoms with Crippen LogP contribution in [0.25, 0.3) is 0 Å². The molecule has 0 bridgehead atoms. The van der Waals surface area contributed by atoms with E-state index in [-0.39, 0.29) is 29.7 Å². The van der Waals surface area contributed by atoms with Gasteiger partial charge in [-0.1, -0.05) is 29.7 Å². The van der Waals surface area contributed by atoms with Gasteiger partial charge in [0.05, 0.1) is 0 Å². The van der Waals surface area contributed by atoms with Crippen LogP contribution in [-0.2, 0) is 8.23 Å². The first-order chi connectivity index (χ1) is 5.41. The Morgan fingerprint density at radius 3 is 0.765 bits per heavy atom. The summed E-state index contributed by atoms with van der Waals surface area (Å²) in [6.07, 6.45) is 0. The lowest BCUT2D eigenvalue weighted by molar-refractivity contribution is 0.395. The molecule has 0 atom stereocenters. The summed E-state index contributed by atoms with van der Waals surface area (Å²) in [5, 5.41) is 0. The molecule has 0 heterocycles. The van der Waals surface area contributed by atoms with E-state index in [2.05, 4.69) is 52.4 Å². The predicted molar refractivity (Wildman–Crippen MR) is 93.3 cm³/mol. The molecular formula is C12H40O2Si3. The Morgan fingerprint density at radius 1 is 0.471 bits per heavy atom. The highest BCUT2D eigenvalue weighted by molar-refractivity contribution is 6.87. The Bertz CT molecular complexity index is 152. The Balaban J connectivity index is -0.000000120. The van der Waals surface area contributed by atoms with Crippen LogP contribution in [0.5, 0.6) is 0 Å². The van der Waals surface area contributed by atoms with Gasteiger partial charge in [-0.25, -0.2) is 0 Å². The number of hydrogen-bond donors (Lipinski definition) is 0. The van der Waals surface area contributed by atoms with Gasteiger partial charge >= 0.3 is 8.56 Å². The van der Waals surface area contributed by atoms with Gasteiger partial charge in [0.15, 0.2) is 16.6 Å². The SMILES string of the molecule is C.C.C.C.C[Si](C)(C)O[Si](C)(C)O[Si](C)(C)C. The van der Waals surface area contributed by atoms with E-state index in [1.54, 1.807) is 0 Å². The van der Waals surface area contributed by atoms with E-state index in [0.717, 1.165) is 0 Å². The molecule has 0 aromatic heterocycles. The summed E-state index contributed by atoms with van der Waals surface area (Å²) < 4.78 is 12.2. The van der Waals surface area contributed by atoms with Crippen molar-refractivity contribution in [1.29, 1.82) is 0 Å². The highest BCUT2D eigenvalue weighted by atomic mass is 28.5. The molecule has 0 spiro atoms. The Labute approximate surface area is 116 Å². The van der Waals surface area contributed by atoms with Gasteiger partial charge in [-0.15, -0.1) is 0 Å². The molecule has 0 aliphatic carbocycles. The predicted octanol–water partition coefficient (Wildman–Crippen LogP) is 5.94. The van der Waals surface area contributed by atoms with Crippen LogP contribution in [-0.4, -0.2) is 25.2 Å². The Hall–Kier alpha value is 0.571. The topological polar surface area (TPSA) is 18.5 Å². The first kappa shape index (κ1) is 30.5. The third kappa shape index (κ3) is 22.3. The summed E-state index contributed by atoms with van der Waals surface area (Å²) in [6, 6.07) is 0. The summed E-state index contributed by atoms with van der Waals surface area (Å²) in [5.41, 5.74) is 0. The zero-order valence-corrected chi connectivity index (χ0v) is 13.3. The molecule has 0 saturated carbocycles. The van der Waals surface area contributed by atoms with Crippen molar-refractivity contribution in [1.82, 2.24) is 0 Å². The second kappa shape index (κ2) is 9.49. The lowest BCUT2D eigenvalue weighted by atomic mass is 11.8. The molecule has 0 aromatic carbocycles. The van der Waals surface area contributed by atoms with Crippen molar-refractivity contribution in [3.8, 4) is 0 Å². The van der Waals surface area contributed by atoms with Gasteiger partial charge in [0.25, 0.3) is 0 Å². The van der Waals surface area contributed by atoms with E-state index in [4.69, 9.17) is 8.23 Å². The third-order valence-corrected chi connectivity index (χ3v) is 9.94. The van der Waals surface area contributed by atoms with Gasteiger partial charge in [-0.2, -0.15) is 0 Å². The van der Waals surface area contributed by atoms with Gasteiger partial charge < -0.3 is 8.23 Å². The lowest BCUT2D eigenvalue weighted by Crippen LogP contribution is -2.50. The van der Waals surface area contributed by atoms with E-state index < -0.39 is 25.2 Å². The first-order valence-electron chi connectivity index (χ1n) is 4.82. The summed E-state index contributed by atoms with van der Waals surface area (Å²) in [7, 11) is -4.72. The molecular weight excluding hydrogens is 260 g/mol. The quantitative estimate of drug-likeness (QED) is 0.598. The van der Waals surface area contributed by atoms with Crippen molar-refractivity contribution in [3.63, 3.8) is 0 Å². The molecule has 0 aromatic rings. The van der Waals surface area contributed by atoms with Crippen molar-refractivity contribution in [2.24, 2.45) is 0 Å². The molecule has 0 aliphatic rings. The molecule has 0 amide bonds. The molecule has 17 heavy (non-hydrogen) atoms. The fraction of sp³-hybridized carbons (Fsp3) is 1.00. The highest BCUT2D eigenvalue weighted by Crippen LogP contribution is 2.19. The van der Waals surface area contributed by atoms with Crippen LogP contribution in [0, 0.1) is 0 Å². The molecule has 0 aliphatic heterocycles. The van der Waals surface area contributed by atoms with Crippen molar-refractivity contribution in [2.45, 2.75) is 82.1 Å². The molecule has 112 valence electrons. The molecule has 0 radical (unpaired) electrons. The summed E-state index contributed by atoms with van der Waals surface area (Å²) >= 11 is 0. The largest absolute Gasteiger partial charge is 0.437 e. The van der Waals surface area contributed by atoms with E-state index in [1.165, 1.54) is 0 Å². The third-order valence-electron chi connectivity index (χ3n) is 1.10. The average molecular weight is 301 g/mol. The maximum absolute atomic E-state index is 6.09. The minimum Gasteiger partial charge on any atom is -0.437 e. The maximum Gasteiger partial charge on any atom is 0.311 e. The average Bonchev–Trinajstić information content (AvgIpc) is 1.43. The van der Waals surface area contributed by atoms with Gasteiger partial charge in [0.1, 0.15) is 0 Å². The van der Waals surface area contributed by atoms with Gasteiger partial charge in [0, 0.05) is 0 Å². The zero-order chi connectivity index (χ0) is 10.9. The van der Waals surface area contributed by atoms with E-state index in [9.17, 15) is 0 Å². The molecule has 0 unspecified atom stereocenters. The molecule has 0 saturated heterocycles. The van der Waals surface area contributed by atoms with Crippen molar-refractivity contribution in [2.75, 3.05) is 0 Å². The first-order valence-corrected chi connectivity index (χ1v) is 14.4. The van der Waals surface area contributed by atoms with Gasteiger partial charge in [0.2, 0.25) is 0 Å². The van der Waals surface area contributed by atoms with E-state index in [1.807, 2.05) is 0 Å². The van der Waals surface area contributed by atoms with Crippen LogP contribution in [0.1, 0.15) is 29.7 Å². The summed E-state index contributed by atoms with van der Waals surface area (Å²) in [6.45, 7) is 17.6. The summed E-state index contributed by atoms with van der Waals surface area (Å²) in [5.74, 6) is 0. The standard InChI is InChI=1S/C8H24O2Si3.4CH4/c1-11(2,3)9-13(7,8)10-12(4,5)6;;;;/h1-8H3;4*1H4. The van der Waals surface area contributed by atoms with Crippen LogP contribution >= 0.6 is 0 Å². The van der Waals surface area contributed by atoms with Crippen LogP contribution in [0.3, 0.4) is 0 Å². The van der Waals surface area contributed by atoms with Gasteiger partial charge in [-0.3, -0.25) is 0 Å². The van der Waals surface area contributed by atoms with Crippen LogP contribution in [0.2, 0.25) is 52.4 Å². The normalized spacial score (nSPS) is 11.3. The molecule has 2 nitrogen and oxygen atoms in total. The monoisotopic (exact) mass is 300 g/mol. The second-order valence-corrected chi connectivity index (χ2v) is 18.7. The van der Waals surface area contributed by atoms with Crippen LogP contribution in [0.4, 0.5) is 0 Å². The second-order valence-electron chi connectivity index (χ2n) is 5.83. The molecule has 0 N–H and O–H groups in total. The highest BCUT2D eigenvalue weighted by Gasteiger charge is 2.35. The van der Waals surface area contributed by atoms with Gasteiger partial charge in [-0.05, 0) is 52.4 Å².